The maximum absolute atomic E-state index is 14.3. The van der Waals surface area contributed by atoms with Crippen LogP contribution < -0.4 is 19.8 Å². The molecule has 1 saturated heterocycles. The van der Waals surface area contributed by atoms with Crippen LogP contribution in [0.15, 0.2) is 91.0 Å². The van der Waals surface area contributed by atoms with E-state index in [9.17, 15) is 45.1 Å². The van der Waals surface area contributed by atoms with Gasteiger partial charge in [-0.3, -0.25) is 9.59 Å². The largest absolute Gasteiger partial charge is 0.416 e. The Morgan fingerprint density at radius 2 is 1.59 bits per heavy atom. The van der Waals surface area contributed by atoms with Gasteiger partial charge in [0.1, 0.15) is 11.6 Å². The number of anilines is 3. The highest BCUT2D eigenvalue weighted by molar-refractivity contribution is 7.92. The summed E-state index contributed by atoms with van der Waals surface area (Å²) < 4.78 is 94.9. The van der Waals surface area contributed by atoms with Gasteiger partial charge in [-0.1, -0.05) is 48.5 Å². The molecule has 0 bridgehead atoms. The van der Waals surface area contributed by atoms with Gasteiger partial charge in [0, 0.05) is 43.4 Å². The molecule has 3 N–H and O–H groups in total. The number of rotatable bonds is 13. The molecule has 5 rings (SSSR count). The summed E-state index contributed by atoms with van der Waals surface area (Å²) >= 11 is 0. The molecule has 2 amide bonds. The number of nitrogens with one attached hydrogen (secondary N) is 2. The van der Waals surface area contributed by atoms with E-state index in [1.54, 1.807) is 30.3 Å². The molecule has 0 aromatic heterocycles. The number of benzene rings is 4. The highest BCUT2D eigenvalue weighted by Gasteiger charge is 2.31. The quantitative estimate of drug-likeness (QED) is 0.152. The number of aliphatic hydroxyl groups is 1. The number of nitrogens with zero attached hydrogens (tertiary/aromatic N) is 2. The average molecular weight is 731 g/mol. The van der Waals surface area contributed by atoms with Gasteiger partial charge in [0.25, 0.3) is 5.91 Å². The summed E-state index contributed by atoms with van der Waals surface area (Å²) in [5.41, 5.74) is -0.235. The van der Waals surface area contributed by atoms with E-state index in [1.165, 1.54) is 35.2 Å². The minimum absolute atomic E-state index is 0.00967. The number of halogens is 5. The van der Waals surface area contributed by atoms with E-state index in [0.29, 0.717) is 22.4 Å². The van der Waals surface area contributed by atoms with Crippen molar-refractivity contribution in [3.8, 4) is 0 Å². The molecule has 4 aromatic rings. The molecule has 1 aliphatic heterocycles. The van der Waals surface area contributed by atoms with Gasteiger partial charge in [0.15, 0.2) is 0 Å². The molecule has 2 atom stereocenters. The first-order valence-corrected chi connectivity index (χ1v) is 17.7. The minimum Gasteiger partial charge on any atom is -0.390 e. The van der Waals surface area contributed by atoms with Crippen molar-refractivity contribution < 1.29 is 45.1 Å². The summed E-state index contributed by atoms with van der Waals surface area (Å²) in [4.78, 5) is 28.1. The zero-order chi connectivity index (χ0) is 36.9. The van der Waals surface area contributed by atoms with Crippen LogP contribution in [0, 0.1) is 11.6 Å². The summed E-state index contributed by atoms with van der Waals surface area (Å²) in [5.74, 6) is -3.12. The number of amides is 2. The third kappa shape index (κ3) is 9.68. The Morgan fingerprint density at radius 1 is 0.922 bits per heavy atom. The van der Waals surface area contributed by atoms with Gasteiger partial charge < -0.3 is 20.6 Å². The maximum Gasteiger partial charge on any atom is 0.416 e. The normalized spacial score (nSPS) is 14.7. The van der Waals surface area contributed by atoms with Crippen LogP contribution in [0.25, 0.3) is 0 Å². The van der Waals surface area contributed by atoms with Crippen LogP contribution in [0.1, 0.15) is 39.9 Å². The van der Waals surface area contributed by atoms with Crippen molar-refractivity contribution in [1.82, 2.24) is 10.6 Å². The molecular weight excluding hydrogens is 695 g/mol. The van der Waals surface area contributed by atoms with Crippen LogP contribution in [0.3, 0.4) is 0 Å². The highest BCUT2D eigenvalue weighted by Crippen LogP contribution is 2.35. The van der Waals surface area contributed by atoms with E-state index >= 15 is 0 Å². The van der Waals surface area contributed by atoms with Gasteiger partial charge in [-0.15, -0.1) is 0 Å². The minimum atomic E-state index is -4.52. The molecule has 270 valence electrons. The van der Waals surface area contributed by atoms with Crippen LogP contribution in [0.2, 0.25) is 0 Å². The van der Waals surface area contributed by atoms with Gasteiger partial charge in [-0.25, -0.2) is 21.5 Å². The third-order valence-corrected chi connectivity index (χ3v) is 9.30. The fourth-order valence-electron chi connectivity index (χ4n) is 5.88. The monoisotopic (exact) mass is 730 g/mol. The van der Waals surface area contributed by atoms with Crippen molar-refractivity contribution in [2.24, 2.45) is 0 Å². The third-order valence-electron chi connectivity index (χ3n) is 8.21. The molecule has 15 heteroatoms. The number of alkyl halides is 3. The average Bonchev–Trinajstić information content (AvgIpc) is 3.49. The molecular formula is C36H35F5N4O5S. The zero-order valence-corrected chi connectivity index (χ0v) is 28.1. The van der Waals surface area contributed by atoms with Crippen LogP contribution in [-0.2, 0) is 34.0 Å². The molecule has 0 saturated carbocycles. The lowest BCUT2D eigenvalue weighted by Crippen LogP contribution is -2.48. The van der Waals surface area contributed by atoms with Crippen molar-refractivity contribution in [3.05, 3.63) is 125 Å². The number of carbonyl (C=O) groups is 2. The summed E-state index contributed by atoms with van der Waals surface area (Å²) in [6.07, 6.45) is -4.10. The molecule has 0 spiro atoms. The number of aliphatic hydroxyl groups excluding tert-OH is 1. The van der Waals surface area contributed by atoms with E-state index < -0.39 is 51.5 Å². The standard InChI is InChI=1S/C36H35F5N4O5S/c1-51(49,50)45(31-18-27(37)17-28(38)19-31)30-16-25(15-29(20-30)44-12-6-11-34(44)47)35(48)43-32(14-23-7-3-2-4-8-23)33(46)22-42-21-24-9-5-10-26(13-24)36(39,40)41/h2-5,7-10,13,15-20,32-33,42,46H,6,11-12,14,21-22H2,1H3,(H,43,48)/t32-,33+/m0/s1. The first-order chi connectivity index (χ1) is 24.1. The molecule has 1 heterocycles. The van der Waals surface area contributed by atoms with Crippen LogP contribution in [-0.4, -0.2) is 56.8 Å². The van der Waals surface area contributed by atoms with Crippen molar-refractivity contribution in [2.75, 3.05) is 28.6 Å². The molecule has 1 aliphatic rings. The first kappa shape index (κ1) is 37.4. The van der Waals surface area contributed by atoms with Gasteiger partial charge in [0.2, 0.25) is 15.9 Å². The fourth-order valence-corrected chi connectivity index (χ4v) is 6.85. The second-order valence-corrected chi connectivity index (χ2v) is 14.0. The number of hydrogen-bond donors (Lipinski definition) is 3. The second-order valence-electron chi connectivity index (χ2n) is 12.2. The molecule has 4 aromatic carbocycles. The highest BCUT2D eigenvalue weighted by atomic mass is 32.2. The van der Waals surface area contributed by atoms with E-state index in [-0.39, 0.29) is 61.0 Å². The molecule has 51 heavy (non-hydrogen) atoms. The smallest absolute Gasteiger partial charge is 0.390 e. The summed E-state index contributed by atoms with van der Waals surface area (Å²) in [6.45, 7) is 0.141. The molecule has 0 aliphatic carbocycles. The Bertz CT molecular complexity index is 1980. The molecule has 1 fully saturated rings. The molecule has 9 nitrogen and oxygen atoms in total. The summed E-state index contributed by atoms with van der Waals surface area (Å²) in [7, 11) is -4.27. The van der Waals surface area contributed by atoms with Crippen LogP contribution >= 0.6 is 0 Å². The Balaban J connectivity index is 1.46. The van der Waals surface area contributed by atoms with E-state index in [4.69, 9.17) is 0 Å². The van der Waals surface area contributed by atoms with E-state index in [2.05, 4.69) is 10.6 Å². The zero-order valence-electron chi connectivity index (χ0n) is 27.3. The maximum atomic E-state index is 14.3. The Hall–Kier alpha value is -4.86. The number of carbonyl (C=O) groups excluding carboxylic acids is 2. The fraction of sp³-hybridized carbons (Fsp3) is 0.278. The van der Waals surface area contributed by atoms with Gasteiger partial charge >= 0.3 is 6.18 Å². The lowest BCUT2D eigenvalue weighted by Gasteiger charge is -2.27. The van der Waals surface area contributed by atoms with Crippen molar-refractivity contribution in [3.63, 3.8) is 0 Å². The van der Waals surface area contributed by atoms with Crippen LogP contribution in [0.5, 0.6) is 0 Å². The number of hydrogen-bond acceptors (Lipinski definition) is 6. The summed E-state index contributed by atoms with van der Waals surface area (Å²) in [6, 6.07) is 18.8. The SMILES string of the molecule is CS(=O)(=O)N(c1cc(F)cc(F)c1)c1cc(C(=O)N[C@@H](Cc2ccccc2)[C@H](O)CNCc2cccc(C(F)(F)F)c2)cc(N2CCCC2=O)c1. The Morgan fingerprint density at radius 3 is 2.22 bits per heavy atom. The van der Waals surface area contributed by atoms with Crippen molar-refractivity contribution >= 4 is 38.9 Å². The van der Waals surface area contributed by atoms with E-state index in [1.807, 2.05) is 0 Å². The van der Waals surface area contributed by atoms with Crippen LogP contribution in [0.4, 0.5) is 39.0 Å². The van der Waals surface area contributed by atoms with Crippen molar-refractivity contribution in [1.29, 1.82) is 0 Å². The lowest BCUT2D eigenvalue weighted by molar-refractivity contribution is -0.137. The molecule has 0 radical (unpaired) electrons. The molecule has 0 unspecified atom stereocenters. The lowest BCUT2D eigenvalue weighted by atomic mass is 10.00. The predicted octanol–water partition coefficient (Wildman–Crippen LogP) is 5.70. The van der Waals surface area contributed by atoms with Gasteiger partial charge in [0.05, 0.1) is 35.3 Å². The van der Waals surface area contributed by atoms with Gasteiger partial charge in [-0.2, -0.15) is 13.2 Å². The van der Waals surface area contributed by atoms with Crippen molar-refractivity contribution in [2.45, 2.75) is 44.1 Å². The van der Waals surface area contributed by atoms with Gasteiger partial charge in [-0.05, 0) is 60.4 Å². The summed E-state index contributed by atoms with van der Waals surface area (Å²) in [5, 5.41) is 17.0. The Kier molecular flexibility index (Phi) is 11.4. The topological polar surface area (TPSA) is 119 Å². The first-order valence-electron chi connectivity index (χ1n) is 15.9. The second kappa shape index (κ2) is 15.6. The number of sulfonamides is 1. The van der Waals surface area contributed by atoms with E-state index in [0.717, 1.165) is 36.1 Å². The predicted molar refractivity (Wildman–Crippen MR) is 182 cm³/mol. The Labute approximate surface area is 291 Å².